The van der Waals surface area contributed by atoms with Crippen molar-refractivity contribution < 1.29 is 27.2 Å². The molecule has 2 amide bonds. The van der Waals surface area contributed by atoms with Gasteiger partial charge in [-0.15, -0.1) is 0 Å². The first-order chi connectivity index (χ1) is 19.1. The van der Waals surface area contributed by atoms with Gasteiger partial charge < -0.3 is 11.1 Å². The molecular weight excluding hydrogens is 526 g/mol. The lowest BCUT2D eigenvalue weighted by molar-refractivity contribution is -0.137. The number of carbonyl (C=O) groups excluding carboxylic acids is 2. The highest BCUT2D eigenvalue weighted by atomic mass is 19.4. The Morgan fingerprint density at radius 1 is 1.02 bits per heavy atom. The molecule has 40 heavy (non-hydrogen) atoms. The molecule has 2 atom stereocenters. The van der Waals surface area contributed by atoms with Crippen molar-refractivity contribution in [3.8, 4) is 5.69 Å². The predicted molar refractivity (Wildman–Crippen MR) is 140 cm³/mol. The number of fused-ring (bicyclic) bond motifs is 1. The highest BCUT2D eigenvalue weighted by Crippen LogP contribution is 2.43. The van der Waals surface area contributed by atoms with Gasteiger partial charge in [-0.05, 0) is 55.0 Å². The van der Waals surface area contributed by atoms with Gasteiger partial charge in [-0.2, -0.15) is 18.3 Å². The van der Waals surface area contributed by atoms with Crippen LogP contribution in [-0.2, 0) is 17.5 Å². The van der Waals surface area contributed by atoms with Crippen LogP contribution in [0.3, 0.4) is 0 Å². The lowest BCUT2D eigenvalue weighted by Crippen LogP contribution is -2.55. The van der Waals surface area contributed by atoms with Gasteiger partial charge in [0.25, 0.3) is 11.8 Å². The molecule has 0 radical (unpaired) electrons. The van der Waals surface area contributed by atoms with E-state index < -0.39 is 41.3 Å². The maximum absolute atomic E-state index is 14.0. The quantitative estimate of drug-likeness (QED) is 0.337. The summed E-state index contributed by atoms with van der Waals surface area (Å²) in [7, 11) is 0. The summed E-state index contributed by atoms with van der Waals surface area (Å²) < 4.78 is 55.5. The summed E-state index contributed by atoms with van der Waals surface area (Å²) in [6.45, 7) is 1.97. The zero-order chi connectivity index (χ0) is 28.6. The zero-order valence-electron chi connectivity index (χ0n) is 21.3. The van der Waals surface area contributed by atoms with Crippen molar-refractivity contribution in [3.63, 3.8) is 0 Å². The van der Waals surface area contributed by atoms with E-state index in [-0.39, 0.29) is 18.7 Å². The fraction of sp³-hybridized carbons (Fsp3) is 0.207. The lowest BCUT2D eigenvalue weighted by Gasteiger charge is -2.38. The van der Waals surface area contributed by atoms with E-state index in [4.69, 9.17) is 10.8 Å². The van der Waals surface area contributed by atoms with Crippen LogP contribution in [-0.4, -0.2) is 34.2 Å². The van der Waals surface area contributed by atoms with Crippen LogP contribution in [0, 0.1) is 5.82 Å². The topological polar surface area (TPSA) is 93.2 Å². The molecule has 11 heteroatoms. The number of carbonyl (C=O) groups is 2. The molecule has 1 aliphatic rings. The van der Waals surface area contributed by atoms with Gasteiger partial charge in [-0.3, -0.25) is 14.5 Å². The first-order valence-electron chi connectivity index (χ1n) is 12.6. The summed E-state index contributed by atoms with van der Waals surface area (Å²) in [5, 5.41) is 7.37. The van der Waals surface area contributed by atoms with Crippen LogP contribution in [0.15, 0.2) is 78.9 Å². The molecular formula is C29H25F4N5O2. The zero-order valence-corrected chi connectivity index (χ0v) is 21.3. The maximum atomic E-state index is 14.0. The minimum absolute atomic E-state index is 0.0000985. The largest absolute Gasteiger partial charge is 0.416 e. The van der Waals surface area contributed by atoms with E-state index in [0.717, 1.165) is 18.2 Å². The predicted octanol–water partition coefficient (Wildman–Crippen LogP) is 4.79. The number of likely N-dealkylation sites (N-methyl/N-ethyl adjacent to an activating group) is 1. The number of halogens is 4. The summed E-state index contributed by atoms with van der Waals surface area (Å²) >= 11 is 0. The van der Waals surface area contributed by atoms with Crippen LogP contribution in [0.2, 0.25) is 0 Å². The first-order valence-corrected chi connectivity index (χ1v) is 12.6. The van der Waals surface area contributed by atoms with Crippen molar-refractivity contribution in [2.45, 2.75) is 31.6 Å². The van der Waals surface area contributed by atoms with Gasteiger partial charge in [0.15, 0.2) is 0 Å². The van der Waals surface area contributed by atoms with Gasteiger partial charge in [-0.25, -0.2) is 9.07 Å². The third-order valence-electron chi connectivity index (χ3n) is 6.88. The van der Waals surface area contributed by atoms with E-state index in [9.17, 15) is 27.2 Å². The number of hydrogen-bond donors (Lipinski definition) is 2. The normalized spacial score (nSPS) is 17.1. The van der Waals surface area contributed by atoms with Crippen molar-refractivity contribution in [3.05, 3.63) is 113 Å². The highest BCUT2D eigenvalue weighted by molar-refractivity contribution is 6.05. The fourth-order valence-corrected chi connectivity index (χ4v) is 5.07. The number of nitrogens with zero attached hydrogens (tertiary/aromatic N) is 3. The second kappa shape index (κ2) is 10.6. The monoisotopic (exact) mass is 551 g/mol. The molecule has 0 fully saturated rings. The molecule has 206 valence electrons. The van der Waals surface area contributed by atoms with Crippen LogP contribution in [0.4, 0.5) is 23.4 Å². The molecule has 0 aliphatic carbocycles. The van der Waals surface area contributed by atoms with Crippen molar-refractivity contribution in [2.75, 3.05) is 11.4 Å². The van der Waals surface area contributed by atoms with E-state index in [1.54, 1.807) is 11.6 Å². The average Bonchev–Trinajstić information content (AvgIpc) is 3.33. The summed E-state index contributed by atoms with van der Waals surface area (Å²) in [5.74, 6) is -2.24. The van der Waals surface area contributed by atoms with Crippen LogP contribution in [0.25, 0.3) is 5.69 Å². The number of amides is 2. The number of anilines is 1. The Balaban J connectivity index is 1.67. The van der Waals surface area contributed by atoms with Gasteiger partial charge >= 0.3 is 6.18 Å². The number of hydrogen-bond acceptors (Lipinski definition) is 4. The Hall–Kier alpha value is -4.51. The highest BCUT2D eigenvalue weighted by Gasteiger charge is 2.46. The number of benzene rings is 3. The molecule has 1 aliphatic heterocycles. The third-order valence-corrected chi connectivity index (χ3v) is 6.88. The van der Waals surface area contributed by atoms with E-state index in [0.29, 0.717) is 28.3 Å². The van der Waals surface area contributed by atoms with Gasteiger partial charge in [-0.1, -0.05) is 36.4 Å². The summed E-state index contributed by atoms with van der Waals surface area (Å²) in [4.78, 5) is 28.8. The number of rotatable bonds is 6. The van der Waals surface area contributed by atoms with Gasteiger partial charge in [0, 0.05) is 30.1 Å². The molecule has 0 spiro atoms. The molecule has 3 aromatic carbocycles. The summed E-state index contributed by atoms with van der Waals surface area (Å²) in [6, 6.07) is 17.3. The summed E-state index contributed by atoms with van der Waals surface area (Å²) in [5.41, 5.74) is 7.07. The first kappa shape index (κ1) is 27.1. The van der Waals surface area contributed by atoms with Crippen LogP contribution in [0.1, 0.15) is 45.6 Å². The molecule has 0 saturated heterocycles. The average molecular weight is 552 g/mol. The smallest absolute Gasteiger partial charge is 0.339 e. The molecule has 5 rings (SSSR count). The Bertz CT molecular complexity index is 1550. The number of alkyl halides is 3. The van der Waals surface area contributed by atoms with E-state index in [1.165, 1.54) is 35.2 Å². The maximum Gasteiger partial charge on any atom is 0.416 e. The Kier molecular flexibility index (Phi) is 7.16. The number of para-hydroxylation sites is 1. The Labute approximate surface area is 227 Å². The van der Waals surface area contributed by atoms with Crippen molar-refractivity contribution in [2.24, 2.45) is 5.73 Å². The fourth-order valence-electron chi connectivity index (χ4n) is 5.07. The van der Waals surface area contributed by atoms with E-state index in [1.807, 2.05) is 30.3 Å². The second-order valence-electron chi connectivity index (χ2n) is 9.28. The van der Waals surface area contributed by atoms with Crippen molar-refractivity contribution >= 4 is 17.6 Å². The van der Waals surface area contributed by atoms with Crippen LogP contribution < -0.4 is 16.0 Å². The molecule has 0 saturated carbocycles. The van der Waals surface area contributed by atoms with Gasteiger partial charge in [0.2, 0.25) is 0 Å². The minimum atomic E-state index is -4.65. The van der Waals surface area contributed by atoms with Crippen LogP contribution >= 0.6 is 0 Å². The number of nitrogens with one attached hydrogen (secondary N) is 1. The minimum Gasteiger partial charge on any atom is -0.339 e. The number of nitrogens with two attached hydrogens (primary N) is 1. The Morgan fingerprint density at radius 2 is 1.73 bits per heavy atom. The Morgan fingerprint density at radius 3 is 2.35 bits per heavy atom. The molecule has 2 heterocycles. The standard InChI is InChI=1S/C29H25F4N5O2/c1-2-37-27-24(22(16-34)36-38(27)21-9-4-3-5-10-21)23(17-11-13-20(30)14-12-17)25(28(37)40)35-26(39)18-7-6-8-19(15-18)29(31,32)33/h3-15,23,25H,2,16,34H2,1H3,(H,35,39)/t23-,25-/m1/s1. The van der Waals surface area contributed by atoms with Gasteiger partial charge in [0.1, 0.15) is 17.7 Å². The van der Waals surface area contributed by atoms with E-state index >= 15 is 0 Å². The molecule has 1 aromatic heterocycles. The summed E-state index contributed by atoms with van der Waals surface area (Å²) in [6.07, 6.45) is -4.65. The number of aromatic nitrogens is 2. The second-order valence-corrected chi connectivity index (χ2v) is 9.28. The SMILES string of the molecule is CCN1C(=O)[C@H](NC(=O)c2cccc(C(F)(F)F)c2)[C@H](c2ccc(F)cc2)c2c(CN)nn(-c3ccccc3)c21. The third kappa shape index (κ3) is 4.84. The van der Waals surface area contributed by atoms with E-state index in [2.05, 4.69) is 5.32 Å². The molecule has 4 aromatic rings. The molecule has 0 bridgehead atoms. The lowest BCUT2D eigenvalue weighted by atomic mass is 9.80. The molecule has 0 unspecified atom stereocenters. The van der Waals surface area contributed by atoms with Crippen molar-refractivity contribution in [1.82, 2.24) is 15.1 Å². The van der Waals surface area contributed by atoms with Crippen LogP contribution in [0.5, 0.6) is 0 Å². The molecule has 7 nitrogen and oxygen atoms in total. The van der Waals surface area contributed by atoms with Gasteiger partial charge in [0.05, 0.1) is 16.9 Å². The van der Waals surface area contributed by atoms with Crippen molar-refractivity contribution in [1.29, 1.82) is 0 Å². The molecule has 3 N–H and O–H groups in total.